The van der Waals surface area contributed by atoms with E-state index in [4.69, 9.17) is 27.9 Å². The maximum atomic E-state index is 6.10. The molecule has 2 rings (SSSR count). The first-order chi connectivity index (χ1) is 11.5. The van der Waals surface area contributed by atoms with Gasteiger partial charge in [-0.3, -0.25) is 0 Å². The molecule has 136 valence electrons. The summed E-state index contributed by atoms with van der Waals surface area (Å²) in [6.45, 7) is 8.02. The Bertz CT molecular complexity index is 567. The third-order valence-electron chi connectivity index (χ3n) is 4.53. The molecule has 1 saturated carbocycles. The smallest absolute Gasteiger partial charge is 0.191 e. The van der Waals surface area contributed by atoms with Gasteiger partial charge < -0.3 is 19.9 Å². The Morgan fingerprint density at radius 3 is 2.62 bits per heavy atom. The number of aromatic nitrogens is 1. The Kier molecular flexibility index (Phi) is 7.26. The zero-order valence-electron chi connectivity index (χ0n) is 14.8. The lowest BCUT2D eigenvalue weighted by atomic mass is 10.0. The standard InChI is InChI=1S/C17H28Cl2N4O/c1-4-20-16(21-11-13-10-14(18)15(19)23(13)3)22-12-17(6-7-17)8-9-24-5-2/h10H,4-9,11-12H2,1-3H3,(H2,20,21,22). The molecule has 1 aromatic heterocycles. The van der Waals surface area contributed by atoms with Crippen molar-refractivity contribution in [1.29, 1.82) is 0 Å². The van der Waals surface area contributed by atoms with Gasteiger partial charge in [-0.25, -0.2) is 4.99 Å². The molecule has 2 N–H and O–H groups in total. The Morgan fingerprint density at radius 2 is 2.08 bits per heavy atom. The molecule has 1 heterocycles. The average Bonchev–Trinajstić information content (AvgIpc) is 3.30. The van der Waals surface area contributed by atoms with Crippen LogP contribution in [0.4, 0.5) is 0 Å². The number of rotatable bonds is 9. The third-order valence-corrected chi connectivity index (χ3v) is 5.37. The molecule has 0 aromatic carbocycles. The minimum Gasteiger partial charge on any atom is -0.382 e. The number of guanidine groups is 1. The van der Waals surface area contributed by atoms with Gasteiger partial charge >= 0.3 is 0 Å². The summed E-state index contributed by atoms with van der Waals surface area (Å²) in [7, 11) is 1.90. The van der Waals surface area contributed by atoms with Gasteiger partial charge in [-0.15, -0.1) is 0 Å². The molecule has 0 amide bonds. The molecular weight excluding hydrogens is 347 g/mol. The number of halogens is 2. The normalized spacial score (nSPS) is 16.3. The van der Waals surface area contributed by atoms with Crippen molar-refractivity contribution < 1.29 is 4.74 Å². The van der Waals surface area contributed by atoms with E-state index in [-0.39, 0.29) is 0 Å². The first kappa shape index (κ1) is 19.4. The largest absolute Gasteiger partial charge is 0.382 e. The summed E-state index contributed by atoms with van der Waals surface area (Å²) in [6, 6.07) is 1.86. The average molecular weight is 375 g/mol. The molecule has 5 nitrogen and oxygen atoms in total. The number of nitrogens with zero attached hydrogens (tertiary/aromatic N) is 2. The Hall–Kier alpha value is -0.910. The van der Waals surface area contributed by atoms with Crippen LogP contribution >= 0.6 is 23.2 Å². The first-order valence-corrected chi connectivity index (χ1v) is 9.36. The fourth-order valence-corrected chi connectivity index (χ4v) is 3.05. The summed E-state index contributed by atoms with van der Waals surface area (Å²) < 4.78 is 7.36. The number of hydrogen-bond donors (Lipinski definition) is 2. The summed E-state index contributed by atoms with van der Waals surface area (Å²) in [5, 5.41) is 7.88. The molecule has 0 radical (unpaired) electrons. The molecule has 7 heteroatoms. The van der Waals surface area contributed by atoms with Crippen molar-refractivity contribution in [3.63, 3.8) is 0 Å². The second-order valence-electron chi connectivity index (χ2n) is 6.33. The Morgan fingerprint density at radius 1 is 1.33 bits per heavy atom. The van der Waals surface area contributed by atoms with Crippen LogP contribution in [-0.2, 0) is 18.3 Å². The van der Waals surface area contributed by atoms with Gasteiger partial charge in [0.1, 0.15) is 5.15 Å². The fourth-order valence-electron chi connectivity index (χ4n) is 2.64. The number of hydrogen-bond acceptors (Lipinski definition) is 2. The van der Waals surface area contributed by atoms with Crippen molar-refractivity contribution in [1.82, 2.24) is 15.2 Å². The molecular formula is C17H28Cl2N4O. The summed E-state index contributed by atoms with van der Waals surface area (Å²) in [5.41, 5.74) is 1.36. The van der Waals surface area contributed by atoms with E-state index in [0.717, 1.165) is 44.4 Å². The highest BCUT2D eigenvalue weighted by molar-refractivity contribution is 6.41. The highest BCUT2D eigenvalue weighted by Crippen LogP contribution is 2.48. The predicted octanol–water partition coefficient (Wildman–Crippen LogP) is 3.59. The van der Waals surface area contributed by atoms with Gasteiger partial charge in [-0.2, -0.15) is 0 Å². The molecule has 0 spiro atoms. The lowest BCUT2D eigenvalue weighted by molar-refractivity contribution is 0.128. The van der Waals surface area contributed by atoms with Crippen molar-refractivity contribution in [3.8, 4) is 0 Å². The van der Waals surface area contributed by atoms with Gasteiger partial charge in [0.25, 0.3) is 0 Å². The van der Waals surface area contributed by atoms with Crippen molar-refractivity contribution in [2.45, 2.75) is 39.7 Å². The predicted molar refractivity (Wildman–Crippen MR) is 101 cm³/mol. The van der Waals surface area contributed by atoms with Gasteiger partial charge in [0.05, 0.1) is 11.6 Å². The van der Waals surface area contributed by atoms with Crippen LogP contribution in [-0.4, -0.2) is 36.8 Å². The second kappa shape index (κ2) is 8.97. The molecule has 0 atom stereocenters. The highest BCUT2D eigenvalue weighted by Gasteiger charge is 2.41. The molecule has 0 bridgehead atoms. The lowest BCUT2D eigenvalue weighted by Gasteiger charge is -2.18. The van der Waals surface area contributed by atoms with Crippen LogP contribution in [0.1, 0.15) is 38.8 Å². The monoisotopic (exact) mass is 374 g/mol. The molecule has 1 aliphatic carbocycles. The van der Waals surface area contributed by atoms with E-state index >= 15 is 0 Å². The van der Waals surface area contributed by atoms with Crippen LogP contribution in [0.3, 0.4) is 0 Å². The van der Waals surface area contributed by atoms with E-state index in [1.165, 1.54) is 12.8 Å². The number of ether oxygens (including phenoxy) is 1. The van der Waals surface area contributed by atoms with Crippen LogP contribution in [0.15, 0.2) is 11.1 Å². The van der Waals surface area contributed by atoms with E-state index in [9.17, 15) is 0 Å². The van der Waals surface area contributed by atoms with Gasteiger partial charge in [0.15, 0.2) is 5.96 Å². The maximum absolute atomic E-state index is 6.10. The minimum atomic E-state index is 0.378. The molecule has 0 aliphatic heterocycles. The van der Waals surface area contributed by atoms with Crippen molar-refractivity contribution in [3.05, 3.63) is 21.9 Å². The van der Waals surface area contributed by atoms with Gasteiger partial charge in [-0.1, -0.05) is 23.2 Å². The van der Waals surface area contributed by atoms with Crippen molar-refractivity contribution in [2.75, 3.05) is 26.3 Å². The van der Waals surface area contributed by atoms with Crippen LogP contribution < -0.4 is 10.6 Å². The second-order valence-corrected chi connectivity index (χ2v) is 7.09. The zero-order valence-corrected chi connectivity index (χ0v) is 16.3. The van der Waals surface area contributed by atoms with Crippen LogP contribution in [0.25, 0.3) is 0 Å². The molecule has 1 aliphatic rings. The Balaban J connectivity index is 1.90. The van der Waals surface area contributed by atoms with Crippen LogP contribution in [0, 0.1) is 5.41 Å². The highest BCUT2D eigenvalue weighted by atomic mass is 35.5. The molecule has 1 fully saturated rings. The quantitative estimate of drug-likeness (QED) is 0.394. The van der Waals surface area contributed by atoms with E-state index in [0.29, 0.717) is 22.1 Å². The first-order valence-electron chi connectivity index (χ1n) is 8.61. The molecule has 0 unspecified atom stereocenters. The zero-order chi connectivity index (χ0) is 17.6. The minimum absolute atomic E-state index is 0.378. The fraction of sp³-hybridized carbons (Fsp3) is 0.706. The SMILES string of the molecule is CCNC(=NCc1cc(Cl)c(Cl)n1C)NCC1(CCOCC)CC1. The molecule has 1 aromatic rings. The van der Waals surface area contributed by atoms with Crippen molar-refractivity contribution >= 4 is 29.2 Å². The summed E-state index contributed by atoms with van der Waals surface area (Å²) in [4.78, 5) is 4.65. The topological polar surface area (TPSA) is 50.6 Å². The van der Waals surface area contributed by atoms with E-state index in [1.54, 1.807) is 0 Å². The van der Waals surface area contributed by atoms with E-state index < -0.39 is 0 Å². The van der Waals surface area contributed by atoms with Crippen LogP contribution in [0.5, 0.6) is 0 Å². The molecule has 0 saturated heterocycles. The lowest BCUT2D eigenvalue weighted by Crippen LogP contribution is -2.40. The van der Waals surface area contributed by atoms with E-state index in [1.807, 2.05) is 24.6 Å². The van der Waals surface area contributed by atoms with Gasteiger partial charge in [-0.05, 0) is 44.6 Å². The number of nitrogens with one attached hydrogen (secondary N) is 2. The van der Waals surface area contributed by atoms with Gasteiger partial charge in [0, 0.05) is 39.0 Å². The summed E-state index contributed by atoms with van der Waals surface area (Å²) in [5.74, 6) is 0.827. The number of aliphatic imine (C=N–C) groups is 1. The summed E-state index contributed by atoms with van der Waals surface area (Å²) >= 11 is 12.2. The maximum Gasteiger partial charge on any atom is 0.191 e. The van der Waals surface area contributed by atoms with Crippen molar-refractivity contribution in [2.24, 2.45) is 17.5 Å². The molecule has 24 heavy (non-hydrogen) atoms. The third kappa shape index (κ3) is 5.30. The van der Waals surface area contributed by atoms with Gasteiger partial charge in [0.2, 0.25) is 0 Å². The Labute approximate surface area is 154 Å². The van der Waals surface area contributed by atoms with E-state index in [2.05, 4.69) is 22.5 Å². The summed E-state index contributed by atoms with van der Waals surface area (Å²) in [6.07, 6.45) is 3.63. The van der Waals surface area contributed by atoms with Crippen LogP contribution in [0.2, 0.25) is 10.2 Å².